The minimum Gasteiger partial charge on any atom is -0.490 e. The van der Waals surface area contributed by atoms with Gasteiger partial charge in [0.15, 0.2) is 0 Å². The number of ether oxygens (including phenoxy) is 1. The van der Waals surface area contributed by atoms with E-state index in [2.05, 4.69) is 25.3 Å². The number of carboxylic acids is 1. The van der Waals surface area contributed by atoms with Crippen LogP contribution in [0.3, 0.4) is 0 Å². The third-order valence-corrected chi connectivity index (χ3v) is 6.25. The van der Waals surface area contributed by atoms with Gasteiger partial charge in [0.1, 0.15) is 29.3 Å². The third-order valence-electron chi connectivity index (χ3n) is 6.25. The number of hydrogen-bond acceptors (Lipinski definition) is 9. The number of carbonyl (C=O) groups excluding carboxylic acids is 3. The summed E-state index contributed by atoms with van der Waals surface area (Å²) in [7, 11) is 0. The minimum atomic E-state index is -1.39. The van der Waals surface area contributed by atoms with E-state index in [1.807, 2.05) is 25.1 Å². The molecule has 0 saturated carbocycles. The number of carboxylic acid groups (broad SMARTS) is 1. The van der Waals surface area contributed by atoms with Gasteiger partial charge in [0.2, 0.25) is 5.91 Å². The number of amides is 3. The molecule has 0 spiro atoms. The number of rotatable bonds is 8. The predicted octanol–water partition coefficient (Wildman–Crippen LogP) is 0.591. The van der Waals surface area contributed by atoms with Crippen LogP contribution in [0, 0.1) is 0 Å². The number of carbonyl (C=O) groups is 4. The number of nitrogens with zero attached hydrogens (tertiary/aromatic N) is 3. The number of nitrogens with two attached hydrogens (primary N) is 1. The summed E-state index contributed by atoms with van der Waals surface area (Å²) in [5.74, 6) is -4.36. The fraction of sp³-hybridized carbons (Fsp3) is 0.192. The number of aromatic carboxylic acids is 1. The zero-order chi connectivity index (χ0) is 28.6. The van der Waals surface area contributed by atoms with Gasteiger partial charge in [-0.2, -0.15) is 0 Å². The summed E-state index contributed by atoms with van der Waals surface area (Å²) in [5, 5.41) is 17.7. The van der Waals surface area contributed by atoms with Crippen LogP contribution >= 0.6 is 0 Å². The first-order valence-corrected chi connectivity index (χ1v) is 12.0. The van der Waals surface area contributed by atoms with E-state index in [-0.39, 0.29) is 35.2 Å². The van der Waals surface area contributed by atoms with Crippen molar-refractivity contribution >= 4 is 29.5 Å². The normalized spacial score (nSPS) is 14.7. The topological polar surface area (TPSA) is 208 Å². The Balaban J connectivity index is 1.39. The molecule has 1 aliphatic rings. The largest absolute Gasteiger partial charge is 0.490 e. The highest BCUT2D eigenvalue weighted by Crippen LogP contribution is 2.29. The first-order valence-electron chi connectivity index (χ1n) is 12.0. The smallest absolute Gasteiger partial charge is 0.448 e. The lowest BCUT2D eigenvalue weighted by Crippen LogP contribution is -2.39. The molecule has 3 amide bonds. The molecular weight excluding hydrogens is 524 g/mol. The summed E-state index contributed by atoms with van der Waals surface area (Å²) in [6.07, 6.45) is 0.828. The number of fused-ring (bicyclic) bond motifs is 2. The monoisotopic (exact) mass is 546 g/mol. The van der Waals surface area contributed by atoms with Crippen molar-refractivity contribution in [2.75, 3.05) is 0 Å². The van der Waals surface area contributed by atoms with E-state index < -0.39 is 41.2 Å². The van der Waals surface area contributed by atoms with Crippen molar-refractivity contribution in [1.82, 2.24) is 25.2 Å². The maximum Gasteiger partial charge on any atom is 0.448 e. The summed E-state index contributed by atoms with van der Waals surface area (Å²) in [4.78, 5) is 65.8. The molecule has 2 aromatic carbocycles. The Morgan fingerprint density at radius 3 is 2.58 bits per heavy atom. The fourth-order valence-electron chi connectivity index (χ4n) is 4.34. The van der Waals surface area contributed by atoms with Gasteiger partial charge < -0.3 is 26.2 Å². The van der Waals surface area contributed by atoms with Gasteiger partial charge >= 0.3 is 11.7 Å². The van der Waals surface area contributed by atoms with Crippen LogP contribution in [0.2, 0.25) is 0 Å². The van der Waals surface area contributed by atoms with E-state index in [1.54, 1.807) is 0 Å². The van der Waals surface area contributed by atoms with E-state index in [0.29, 0.717) is 0 Å². The number of nitrogens with one attached hydrogen (secondary N) is 2. The van der Waals surface area contributed by atoms with Crippen LogP contribution in [0.5, 0.6) is 5.75 Å². The zero-order valence-electron chi connectivity index (χ0n) is 20.9. The Bertz CT molecular complexity index is 1730. The number of benzene rings is 2. The van der Waals surface area contributed by atoms with Crippen molar-refractivity contribution in [2.24, 2.45) is 5.73 Å². The molecule has 0 bridgehead atoms. The van der Waals surface area contributed by atoms with Gasteiger partial charge in [-0.1, -0.05) is 24.3 Å². The van der Waals surface area contributed by atoms with Gasteiger partial charge in [0, 0.05) is 13.0 Å². The lowest BCUT2D eigenvalue weighted by molar-refractivity contribution is -0.120. The molecule has 40 heavy (non-hydrogen) atoms. The molecule has 1 unspecified atom stereocenters. The Hall–Kier alpha value is -5.53. The van der Waals surface area contributed by atoms with Crippen molar-refractivity contribution in [3.05, 3.63) is 92.7 Å². The number of aromatic nitrogens is 3. The summed E-state index contributed by atoms with van der Waals surface area (Å²) >= 11 is 0. The average molecular weight is 546 g/mol. The quantitative estimate of drug-likeness (QED) is 0.242. The first-order chi connectivity index (χ1) is 19.1. The molecule has 0 aliphatic carbocycles. The Morgan fingerprint density at radius 2 is 1.88 bits per heavy atom. The zero-order valence-corrected chi connectivity index (χ0v) is 20.9. The molecule has 0 fully saturated rings. The number of hydrogen-bond donors (Lipinski definition) is 4. The molecule has 0 radical (unpaired) electrons. The van der Waals surface area contributed by atoms with Crippen LogP contribution in [-0.4, -0.2) is 49.4 Å². The van der Waals surface area contributed by atoms with Gasteiger partial charge in [0.25, 0.3) is 17.6 Å². The van der Waals surface area contributed by atoms with Crippen molar-refractivity contribution in [2.45, 2.75) is 32.0 Å². The minimum absolute atomic E-state index is 0.0383. The van der Waals surface area contributed by atoms with Crippen LogP contribution in [0.1, 0.15) is 61.0 Å². The predicted molar refractivity (Wildman–Crippen MR) is 136 cm³/mol. The Morgan fingerprint density at radius 1 is 1.12 bits per heavy atom. The van der Waals surface area contributed by atoms with Crippen LogP contribution in [-0.2, 0) is 17.8 Å². The van der Waals surface area contributed by atoms with Gasteiger partial charge in [-0.3, -0.25) is 18.9 Å². The molecule has 0 saturated heterocycles. The average Bonchev–Trinajstić information content (AvgIpc) is 3.50. The lowest BCUT2D eigenvalue weighted by Gasteiger charge is -2.16. The maximum absolute atomic E-state index is 13.2. The SMILES string of the molecule is CC1Cc2cc(CNC(=O)c3cc(C(=O)N[C@@H](C(N)=O)c4ccc(C(=O)O)cc4)n4c(=O)onc4n3)ccc2O1. The standard InChI is InChI=1S/C26H22N6O8/c1-12-8-16-9-13(2-7-19(16)39-12)11-28-22(34)17-10-18(32-25(29-17)31-40-26(32)38)23(35)30-20(21(27)33)14-3-5-15(6-4-14)24(36)37/h2-7,9-10,12,20H,8,11H2,1H3,(H2,27,33)(H,28,34)(H,30,35)(H,36,37)/t12?,20-/m1/s1. The Labute approximate surface area is 224 Å². The molecule has 2 atom stereocenters. The lowest BCUT2D eigenvalue weighted by atomic mass is 10.0. The highest BCUT2D eigenvalue weighted by Gasteiger charge is 2.26. The molecule has 5 rings (SSSR count). The van der Waals surface area contributed by atoms with Crippen LogP contribution < -0.4 is 26.9 Å². The van der Waals surface area contributed by atoms with E-state index in [1.165, 1.54) is 24.3 Å². The van der Waals surface area contributed by atoms with Gasteiger partial charge in [-0.05, 0) is 53.0 Å². The van der Waals surface area contributed by atoms with Crippen LogP contribution in [0.25, 0.3) is 5.78 Å². The second-order valence-electron chi connectivity index (χ2n) is 9.10. The summed E-state index contributed by atoms with van der Waals surface area (Å²) in [5.41, 5.74) is 6.85. The molecule has 4 aromatic rings. The molecule has 204 valence electrons. The van der Waals surface area contributed by atoms with Crippen molar-refractivity contribution in [3.8, 4) is 5.75 Å². The van der Waals surface area contributed by atoms with E-state index in [9.17, 15) is 24.0 Å². The third kappa shape index (κ3) is 5.09. The first kappa shape index (κ1) is 26.1. The van der Waals surface area contributed by atoms with Gasteiger partial charge in [-0.25, -0.2) is 19.0 Å². The Kier molecular flexibility index (Phi) is 6.73. The van der Waals surface area contributed by atoms with Crippen molar-refractivity contribution < 1.29 is 33.5 Å². The summed E-state index contributed by atoms with van der Waals surface area (Å²) in [6.45, 7) is 2.11. The number of primary amides is 1. The van der Waals surface area contributed by atoms with E-state index >= 15 is 0 Å². The maximum atomic E-state index is 13.2. The van der Waals surface area contributed by atoms with Crippen LogP contribution in [0.4, 0.5) is 0 Å². The highest BCUT2D eigenvalue weighted by molar-refractivity contribution is 6.00. The van der Waals surface area contributed by atoms with Gasteiger partial charge in [0.05, 0.1) is 5.56 Å². The van der Waals surface area contributed by atoms with E-state index in [0.717, 1.165) is 33.8 Å². The molecule has 14 heteroatoms. The molecule has 14 nitrogen and oxygen atoms in total. The van der Waals surface area contributed by atoms with Crippen molar-refractivity contribution in [3.63, 3.8) is 0 Å². The molecule has 5 N–H and O–H groups in total. The molecular formula is C26H22N6O8. The second-order valence-corrected chi connectivity index (χ2v) is 9.10. The van der Waals surface area contributed by atoms with Gasteiger partial charge in [-0.15, -0.1) is 0 Å². The summed E-state index contributed by atoms with van der Waals surface area (Å²) < 4.78 is 11.0. The van der Waals surface area contributed by atoms with E-state index in [4.69, 9.17) is 15.6 Å². The highest BCUT2D eigenvalue weighted by atomic mass is 16.5. The van der Waals surface area contributed by atoms with Crippen LogP contribution in [0.15, 0.2) is 57.8 Å². The molecule has 1 aliphatic heterocycles. The van der Waals surface area contributed by atoms with Crippen molar-refractivity contribution in [1.29, 1.82) is 0 Å². The molecule has 3 heterocycles. The molecule has 2 aromatic heterocycles. The fourth-order valence-corrected chi connectivity index (χ4v) is 4.34. The second kappa shape index (κ2) is 10.3. The summed E-state index contributed by atoms with van der Waals surface area (Å²) in [6, 6.07) is 10.4.